The fraction of sp³-hybridized carbons (Fsp3) is 0.776. The molecule has 0 saturated carbocycles. The second kappa shape index (κ2) is 52.7. The third-order valence-corrected chi connectivity index (χ3v) is 11.9. The normalized spacial score (nSPS) is 12.5. The summed E-state index contributed by atoms with van der Waals surface area (Å²) in [7, 11) is 0. The summed E-state index contributed by atoms with van der Waals surface area (Å²) in [5.41, 5.74) is 0. The Bertz CT molecular complexity index is 1170. The van der Waals surface area contributed by atoms with Gasteiger partial charge in [-0.25, -0.2) is 0 Å². The fourth-order valence-corrected chi connectivity index (χ4v) is 7.74. The molecule has 1 unspecified atom stereocenters. The molecular weight excluding hydrogens is 793 g/mol. The zero-order valence-electron chi connectivity index (χ0n) is 42.3. The van der Waals surface area contributed by atoms with Gasteiger partial charge in [0, 0.05) is 19.3 Å². The van der Waals surface area contributed by atoms with Crippen molar-refractivity contribution in [2.24, 2.45) is 0 Å². The van der Waals surface area contributed by atoms with Crippen molar-refractivity contribution in [3.8, 4) is 0 Å². The first-order chi connectivity index (χ1) is 31.5. The molecule has 0 aromatic carbocycles. The molecule has 6 nitrogen and oxygen atoms in total. The van der Waals surface area contributed by atoms with E-state index < -0.39 is 6.10 Å². The van der Waals surface area contributed by atoms with Crippen molar-refractivity contribution in [2.75, 3.05) is 13.2 Å². The molecule has 0 spiro atoms. The van der Waals surface area contributed by atoms with E-state index in [1.54, 1.807) is 0 Å². The minimum Gasteiger partial charge on any atom is -0.462 e. The maximum atomic E-state index is 12.8. The van der Waals surface area contributed by atoms with Gasteiger partial charge in [0.25, 0.3) is 0 Å². The predicted octanol–water partition coefficient (Wildman–Crippen LogP) is 18.0. The van der Waals surface area contributed by atoms with Crippen LogP contribution in [0.5, 0.6) is 0 Å². The van der Waals surface area contributed by atoms with Crippen LogP contribution in [0.1, 0.15) is 271 Å². The van der Waals surface area contributed by atoms with Crippen LogP contribution in [0.15, 0.2) is 60.8 Å². The van der Waals surface area contributed by atoms with Gasteiger partial charge in [-0.2, -0.15) is 0 Å². The average Bonchev–Trinajstić information content (AvgIpc) is 3.29. The molecule has 0 amide bonds. The molecule has 0 aromatic rings. The molecule has 370 valence electrons. The number of unbranched alkanes of at least 4 members (excludes halogenated alkanes) is 31. The topological polar surface area (TPSA) is 78.9 Å². The van der Waals surface area contributed by atoms with Crippen LogP contribution < -0.4 is 0 Å². The summed E-state index contributed by atoms with van der Waals surface area (Å²) >= 11 is 0. The Morgan fingerprint density at radius 3 is 1.03 bits per heavy atom. The largest absolute Gasteiger partial charge is 0.462 e. The second-order valence-electron chi connectivity index (χ2n) is 18.2. The van der Waals surface area contributed by atoms with Crippen LogP contribution in [0.2, 0.25) is 0 Å². The Labute approximate surface area is 396 Å². The molecule has 0 aromatic heterocycles. The minimum atomic E-state index is -0.787. The Kier molecular flexibility index (Phi) is 50.4. The highest BCUT2D eigenvalue weighted by atomic mass is 16.6. The Morgan fingerprint density at radius 1 is 0.328 bits per heavy atom. The summed E-state index contributed by atoms with van der Waals surface area (Å²) < 4.78 is 16.8. The first-order valence-electron chi connectivity index (χ1n) is 27.3. The van der Waals surface area contributed by atoms with Crippen molar-refractivity contribution in [3.63, 3.8) is 0 Å². The number of carbonyl (C=O) groups excluding carboxylic acids is 3. The monoisotopic (exact) mass is 895 g/mol. The molecule has 0 bridgehead atoms. The first-order valence-corrected chi connectivity index (χ1v) is 27.3. The molecule has 0 fully saturated rings. The second-order valence-corrected chi connectivity index (χ2v) is 18.2. The third-order valence-electron chi connectivity index (χ3n) is 11.9. The zero-order valence-corrected chi connectivity index (χ0v) is 42.3. The van der Waals surface area contributed by atoms with Crippen molar-refractivity contribution in [3.05, 3.63) is 60.8 Å². The maximum Gasteiger partial charge on any atom is 0.306 e. The van der Waals surface area contributed by atoms with E-state index in [9.17, 15) is 14.4 Å². The number of ether oxygens (including phenoxy) is 3. The van der Waals surface area contributed by atoms with Gasteiger partial charge in [0.2, 0.25) is 0 Å². The molecule has 0 heterocycles. The van der Waals surface area contributed by atoms with Gasteiger partial charge in [0.1, 0.15) is 13.2 Å². The van der Waals surface area contributed by atoms with Gasteiger partial charge in [-0.15, -0.1) is 0 Å². The van der Waals surface area contributed by atoms with E-state index in [4.69, 9.17) is 14.2 Å². The Morgan fingerprint density at radius 2 is 0.625 bits per heavy atom. The highest BCUT2D eigenvalue weighted by molar-refractivity contribution is 5.71. The highest BCUT2D eigenvalue weighted by Gasteiger charge is 2.19. The van der Waals surface area contributed by atoms with E-state index in [0.29, 0.717) is 19.3 Å². The lowest BCUT2D eigenvalue weighted by molar-refractivity contribution is -0.167. The van der Waals surface area contributed by atoms with Crippen molar-refractivity contribution >= 4 is 17.9 Å². The van der Waals surface area contributed by atoms with Crippen LogP contribution in [0.4, 0.5) is 0 Å². The van der Waals surface area contributed by atoms with E-state index >= 15 is 0 Å². The Balaban J connectivity index is 4.35. The molecule has 6 heteroatoms. The number of hydrogen-bond donors (Lipinski definition) is 0. The van der Waals surface area contributed by atoms with Gasteiger partial charge < -0.3 is 14.2 Å². The highest BCUT2D eigenvalue weighted by Crippen LogP contribution is 2.16. The molecule has 0 aliphatic heterocycles. The van der Waals surface area contributed by atoms with E-state index in [1.807, 2.05) is 18.2 Å². The lowest BCUT2D eigenvalue weighted by Crippen LogP contribution is -2.30. The first kappa shape index (κ1) is 61.1. The van der Waals surface area contributed by atoms with Crippen LogP contribution in [-0.4, -0.2) is 37.2 Å². The van der Waals surface area contributed by atoms with E-state index in [1.165, 1.54) is 141 Å². The van der Waals surface area contributed by atoms with E-state index in [-0.39, 0.29) is 31.1 Å². The van der Waals surface area contributed by atoms with Crippen LogP contribution in [0.25, 0.3) is 0 Å². The molecule has 64 heavy (non-hydrogen) atoms. The quantitative estimate of drug-likeness (QED) is 0.0199. The summed E-state index contributed by atoms with van der Waals surface area (Å²) in [6, 6.07) is 0. The molecule has 0 saturated heterocycles. The van der Waals surface area contributed by atoms with E-state index in [0.717, 1.165) is 89.9 Å². The van der Waals surface area contributed by atoms with Crippen molar-refractivity contribution in [1.29, 1.82) is 0 Å². The average molecular weight is 895 g/mol. The zero-order chi connectivity index (χ0) is 46.5. The maximum absolute atomic E-state index is 12.8. The SMILES string of the molecule is CC\C=C/C=C\C=C/C=C\CCCCCCCC(=O)OC(COC(=O)CCCCCCC/C=C\CCCCC)COC(=O)CCCCCCCCCCCCCCCCCCCCC. The summed E-state index contributed by atoms with van der Waals surface area (Å²) in [5.74, 6) is -0.909. The van der Waals surface area contributed by atoms with Crippen molar-refractivity contribution < 1.29 is 28.6 Å². The predicted molar refractivity (Wildman–Crippen MR) is 275 cm³/mol. The number of allylic oxidation sites excluding steroid dienone is 10. The summed E-state index contributed by atoms with van der Waals surface area (Å²) in [6.45, 7) is 6.47. The van der Waals surface area contributed by atoms with E-state index in [2.05, 4.69) is 63.3 Å². The standard InChI is InChI=1S/C58H102O6/c1-4-7-10-13-16-19-22-25-27-28-29-30-32-33-36-39-42-45-48-51-57(60)63-54-55(53-62-56(59)50-47-44-41-38-35-24-21-18-15-12-9-6-3)64-58(61)52-49-46-43-40-37-34-31-26-23-20-17-14-11-8-5-2/h8,11,14,17-18,20-21,23,26,31,55H,4-7,9-10,12-13,15-16,19,22,24-25,27-30,32-54H2,1-3H3/b11-8-,17-14-,21-18-,23-20-,31-26-. The molecule has 0 radical (unpaired) electrons. The molecule has 0 rings (SSSR count). The summed E-state index contributed by atoms with van der Waals surface area (Å²) in [4.78, 5) is 38.0. The smallest absolute Gasteiger partial charge is 0.306 e. The van der Waals surface area contributed by atoms with Gasteiger partial charge in [0.15, 0.2) is 6.10 Å². The van der Waals surface area contributed by atoms with Gasteiger partial charge >= 0.3 is 17.9 Å². The third kappa shape index (κ3) is 50.1. The lowest BCUT2D eigenvalue weighted by Gasteiger charge is -2.18. The number of esters is 3. The molecule has 1 atom stereocenters. The van der Waals surface area contributed by atoms with Gasteiger partial charge in [-0.3, -0.25) is 14.4 Å². The number of carbonyl (C=O) groups is 3. The van der Waals surface area contributed by atoms with Crippen LogP contribution in [0, 0.1) is 0 Å². The number of rotatable bonds is 49. The van der Waals surface area contributed by atoms with Crippen molar-refractivity contribution in [1.82, 2.24) is 0 Å². The molecule has 0 aliphatic carbocycles. The van der Waals surface area contributed by atoms with Crippen LogP contribution in [-0.2, 0) is 28.6 Å². The minimum absolute atomic E-state index is 0.0844. The van der Waals surface area contributed by atoms with Crippen LogP contribution in [0.3, 0.4) is 0 Å². The van der Waals surface area contributed by atoms with Gasteiger partial charge in [0.05, 0.1) is 0 Å². The molecule has 0 aliphatic rings. The molecule has 0 N–H and O–H groups in total. The summed E-state index contributed by atoms with van der Waals surface area (Å²) in [6.07, 6.45) is 64.9. The van der Waals surface area contributed by atoms with Crippen LogP contribution >= 0.6 is 0 Å². The summed E-state index contributed by atoms with van der Waals surface area (Å²) in [5, 5.41) is 0. The Hall–Kier alpha value is -2.89. The fourth-order valence-electron chi connectivity index (χ4n) is 7.74. The van der Waals surface area contributed by atoms with Crippen molar-refractivity contribution in [2.45, 2.75) is 277 Å². The van der Waals surface area contributed by atoms with Gasteiger partial charge in [-0.1, -0.05) is 248 Å². The van der Waals surface area contributed by atoms with Gasteiger partial charge in [-0.05, 0) is 64.2 Å². The molecular formula is C58H102O6. The number of hydrogen-bond acceptors (Lipinski definition) is 6. The lowest BCUT2D eigenvalue weighted by atomic mass is 10.0.